The first kappa shape index (κ1) is 14.0. The Labute approximate surface area is 114 Å². The van der Waals surface area contributed by atoms with Crippen molar-refractivity contribution in [1.29, 1.82) is 0 Å². The molecule has 104 valence electrons. The summed E-state index contributed by atoms with van der Waals surface area (Å²) in [6.45, 7) is 5.50. The van der Waals surface area contributed by atoms with Gasteiger partial charge in [-0.1, -0.05) is 17.7 Å². The van der Waals surface area contributed by atoms with Gasteiger partial charge in [0.2, 0.25) is 5.91 Å². The van der Waals surface area contributed by atoms with Crippen molar-refractivity contribution in [3.63, 3.8) is 0 Å². The number of hydrogen-bond donors (Lipinski definition) is 2. The number of carbonyl (C=O) groups excluding carboxylic acids is 1. The topological polar surface area (TPSA) is 52.6 Å². The van der Waals surface area contributed by atoms with Gasteiger partial charge in [-0.15, -0.1) is 0 Å². The van der Waals surface area contributed by atoms with Gasteiger partial charge in [-0.05, 0) is 38.8 Å². The number of anilines is 1. The fourth-order valence-electron chi connectivity index (χ4n) is 2.32. The first-order chi connectivity index (χ1) is 9.06. The van der Waals surface area contributed by atoms with E-state index >= 15 is 0 Å². The van der Waals surface area contributed by atoms with Crippen LogP contribution in [0, 0.1) is 6.92 Å². The van der Waals surface area contributed by atoms with Crippen LogP contribution in [0.25, 0.3) is 0 Å². The summed E-state index contributed by atoms with van der Waals surface area (Å²) in [4.78, 5) is 14.3. The van der Waals surface area contributed by atoms with Gasteiger partial charge in [0.05, 0.1) is 12.1 Å². The highest BCUT2D eigenvalue weighted by molar-refractivity contribution is 5.94. The van der Waals surface area contributed by atoms with E-state index in [0.717, 1.165) is 31.6 Å². The second-order valence-corrected chi connectivity index (χ2v) is 5.30. The van der Waals surface area contributed by atoms with E-state index in [-0.39, 0.29) is 18.1 Å². The first-order valence-electron chi connectivity index (χ1n) is 6.86. The maximum atomic E-state index is 12.2. The summed E-state index contributed by atoms with van der Waals surface area (Å²) in [7, 11) is 0. The predicted molar refractivity (Wildman–Crippen MR) is 76.1 cm³/mol. The molecule has 1 aliphatic heterocycles. The number of hydrogen-bond acceptors (Lipinski definition) is 3. The molecule has 2 N–H and O–H groups in total. The molecule has 0 spiro atoms. The fraction of sp³-hybridized carbons (Fsp3) is 0.533. The van der Waals surface area contributed by atoms with E-state index in [2.05, 4.69) is 10.2 Å². The second kappa shape index (κ2) is 6.17. The number of aryl methyl sites for hydroxylation is 1. The van der Waals surface area contributed by atoms with Crippen molar-refractivity contribution in [3.05, 3.63) is 29.8 Å². The zero-order valence-electron chi connectivity index (χ0n) is 11.6. The number of aliphatic hydroxyl groups excluding tert-OH is 1. The molecule has 0 bridgehead atoms. The van der Waals surface area contributed by atoms with E-state index in [4.69, 9.17) is 0 Å². The maximum absolute atomic E-state index is 12.2. The highest BCUT2D eigenvalue weighted by Gasteiger charge is 2.25. The van der Waals surface area contributed by atoms with Crippen LogP contribution in [0.5, 0.6) is 0 Å². The Bertz CT molecular complexity index is 422. The molecule has 0 aromatic heterocycles. The third-order valence-electron chi connectivity index (χ3n) is 3.75. The molecule has 0 radical (unpaired) electrons. The highest BCUT2D eigenvalue weighted by atomic mass is 16.3. The SMILES string of the molecule is Cc1ccc(NC(=O)C(C)N2CCC(O)CC2)cc1. The van der Waals surface area contributed by atoms with Crippen molar-refractivity contribution >= 4 is 11.6 Å². The van der Waals surface area contributed by atoms with Gasteiger partial charge < -0.3 is 10.4 Å². The molecule has 1 aromatic carbocycles. The Morgan fingerprint density at radius 2 is 1.89 bits per heavy atom. The zero-order valence-corrected chi connectivity index (χ0v) is 11.6. The first-order valence-corrected chi connectivity index (χ1v) is 6.86. The Morgan fingerprint density at radius 1 is 1.32 bits per heavy atom. The number of aliphatic hydroxyl groups is 1. The standard InChI is InChI=1S/C15H22N2O2/c1-11-3-5-13(6-4-11)16-15(19)12(2)17-9-7-14(18)8-10-17/h3-6,12,14,18H,7-10H2,1-2H3,(H,16,19). The number of amides is 1. The minimum atomic E-state index is -0.205. The van der Waals surface area contributed by atoms with Crippen molar-refractivity contribution in [2.24, 2.45) is 0 Å². The molecule has 0 saturated carbocycles. The van der Waals surface area contributed by atoms with Crippen LogP contribution in [0.2, 0.25) is 0 Å². The van der Waals surface area contributed by atoms with Crippen LogP contribution >= 0.6 is 0 Å². The molecule has 4 heteroatoms. The summed E-state index contributed by atoms with van der Waals surface area (Å²) in [5.41, 5.74) is 2.01. The minimum Gasteiger partial charge on any atom is -0.393 e. The monoisotopic (exact) mass is 262 g/mol. The number of nitrogens with zero attached hydrogens (tertiary/aromatic N) is 1. The largest absolute Gasteiger partial charge is 0.393 e. The van der Waals surface area contributed by atoms with Gasteiger partial charge in [0.15, 0.2) is 0 Å². The minimum absolute atomic E-state index is 0.0141. The summed E-state index contributed by atoms with van der Waals surface area (Å²) >= 11 is 0. The fourth-order valence-corrected chi connectivity index (χ4v) is 2.32. The second-order valence-electron chi connectivity index (χ2n) is 5.30. The van der Waals surface area contributed by atoms with Crippen LogP contribution in [0.15, 0.2) is 24.3 Å². The van der Waals surface area contributed by atoms with Crippen LogP contribution in [0.1, 0.15) is 25.3 Å². The summed E-state index contributed by atoms with van der Waals surface area (Å²) in [6.07, 6.45) is 1.30. The molecule has 19 heavy (non-hydrogen) atoms. The highest BCUT2D eigenvalue weighted by Crippen LogP contribution is 2.15. The van der Waals surface area contributed by atoms with Gasteiger partial charge in [0.1, 0.15) is 0 Å². The Hall–Kier alpha value is -1.39. The summed E-state index contributed by atoms with van der Waals surface area (Å²) in [5, 5.41) is 12.4. The average molecular weight is 262 g/mol. The molecule has 1 saturated heterocycles. The van der Waals surface area contributed by atoms with Crippen LogP contribution in [-0.4, -0.2) is 41.1 Å². The van der Waals surface area contributed by atoms with Gasteiger partial charge in [0.25, 0.3) is 0 Å². The van der Waals surface area contributed by atoms with Gasteiger partial charge >= 0.3 is 0 Å². The molecule has 1 heterocycles. The van der Waals surface area contributed by atoms with E-state index in [1.807, 2.05) is 38.1 Å². The van der Waals surface area contributed by atoms with Crippen LogP contribution in [-0.2, 0) is 4.79 Å². The summed E-state index contributed by atoms with van der Waals surface area (Å²) < 4.78 is 0. The molecule has 2 rings (SSSR count). The number of rotatable bonds is 3. The molecule has 1 unspecified atom stereocenters. The van der Waals surface area contributed by atoms with Gasteiger partial charge in [-0.3, -0.25) is 9.69 Å². The number of likely N-dealkylation sites (tertiary alicyclic amines) is 1. The number of nitrogens with one attached hydrogen (secondary N) is 1. The molecule has 1 aromatic rings. The molecule has 0 aliphatic carbocycles. The number of benzene rings is 1. The van der Waals surface area contributed by atoms with E-state index in [1.54, 1.807) is 0 Å². The number of piperidine rings is 1. The van der Waals surface area contributed by atoms with Crippen LogP contribution < -0.4 is 5.32 Å². The van der Waals surface area contributed by atoms with E-state index in [1.165, 1.54) is 5.56 Å². The quantitative estimate of drug-likeness (QED) is 0.873. The van der Waals surface area contributed by atoms with Crippen molar-refractivity contribution < 1.29 is 9.90 Å². The van der Waals surface area contributed by atoms with Crippen LogP contribution in [0.4, 0.5) is 5.69 Å². The summed E-state index contributed by atoms with van der Waals surface area (Å²) in [6, 6.07) is 7.64. The lowest BCUT2D eigenvalue weighted by atomic mass is 10.1. The Kier molecular flexibility index (Phi) is 4.56. The molecule has 1 amide bonds. The van der Waals surface area contributed by atoms with E-state index in [9.17, 15) is 9.90 Å². The predicted octanol–water partition coefficient (Wildman–Crippen LogP) is 1.78. The molecular formula is C15H22N2O2. The summed E-state index contributed by atoms with van der Waals surface area (Å²) in [5.74, 6) is 0.0141. The van der Waals surface area contributed by atoms with Crippen LogP contribution in [0.3, 0.4) is 0 Å². The molecule has 1 fully saturated rings. The molecular weight excluding hydrogens is 240 g/mol. The van der Waals surface area contributed by atoms with E-state index < -0.39 is 0 Å². The average Bonchev–Trinajstić information content (AvgIpc) is 2.41. The van der Waals surface area contributed by atoms with E-state index in [0.29, 0.717) is 0 Å². The maximum Gasteiger partial charge on any atom is 0.241 e. The molecule has 1 aliphatic rings. The lowest BCUT2D eigenvalue weighted by Crippen LogP contribution is -2.47. The van der Waals surface area contributed by atoms with Crippen molar-refractivity contribution in [2.45, 2.75) is 38.8 Å². The van der Waals surface area contributed by atoms with Gasteiger partial charge in [0, 0.05) is 18.8 Å². The van der Waals surface area contributed by atoms with Gasteiger partial charge in [-0.25, -0.2) is 0 Å². The lowest BCUT2D eigenvalue weighted by Gasteiger charge is -2.33. The number of carbonyl (C=O) groups is 1. The normalized spacial score (nSPS) is 19.1. The lowest BCUT2D eigenvalue weighted by molar-refractivity contribution is -0.121. The molecule has 4 nitrogen and oxygen atoms in total. The smallest absolute Gasteiger partial charge is 0.241 e. The third kappa shape index (κ3) is 3.78. The van der Waals surface area contributed by atoms with Crippen molar-refractivity contribution in [1.82, 2.24) is 4.90 Å². The third-order valence-corrected chi connectivity index (χ3v) is 3.75. The van der Waals surface area contributed by atoms with Crippen molar-refractivity contribution in [2.75, 3.05) is 18.4 Å². The Balaban J connectivity index is 1.90. The zero-order chi connectivity index (χ0) is 13.8. The van der Waals surface area contributed by atoms with Crippen molar-refractivity contribution in [3.8, 4) is 0 Å². The van der Waals surface area contributed by atoms with Gasteiger partial charge in [-0.2, -0.15) is 0 Å². The Morgan fingerprint density at radius 3 is 2.47 bits per heavy atom. The molecule has 1 atom stereocenters.